The van der Waals surface area contributed by atoms with Crippen molar-refractivity contribution >= 4 is 26.5 Å². The number of fused-ring (bicyclic) bond motifs is 2. The molecule has 1 heterocycles. The van der Waals surface area contributed by atoms with Gasteiger partial charge in [-0.1, -0.05) is 0 Å². The Labute approximate surface area is 125 Å². The van der Waals surface area contributed by atoms with E-state index in [1.807, 2.05) is 78.9 Å². The normalized spacial score (nSPS) is 14.7. The third-order valence-corrected chi connectivity index (χ3v) is 10.3. The van der Waals surface area contributed by atoms with E-state index in [4.69, 9.17) is 4.74 Å². The van der Waals surface area contributed by atoms with E-state index in [-0.39, 0.29) is 0 Å². The molecule has 0 amide bonds. The van der Waals surface area contributed by atoms with Crippen molar-refractivity contribution in [3.63, 3.8) is 0 Å². The van der Waals surface area contributed by atoms with Crippen molar-refractivity contribution < 1.29 is 8.48 Å². The molecule has 0 unspecified atom stereocenters. The van der Waals surface area contributed by atoms with Gasteiger partial charge in [-0.25, -0.2) is 0 Å². The zero-order valence-corrected chi connectivity index (χ0v) is 13.1. The molecule has 0 fully saturated rings. The molecular weight excluding hydrogens is 323 g/mol. The van der Waals surface area contributed by atoms with Crippen LogP contribution in [0, 0.1) is 0 Å². The first-order valence-corrected chi connectivity index (χ1v) is 10.4. The van der Waals surface area contributed by atoms with Crippen molar-refractivity contribution in [2.75, 3.05) is 0 Å². The monoisotopic (exact) mass is 336 g/mol. The van der Waals surface area contributed by atoms with E-state index in [1.165, 1.54) is 0 Å². The first kappa shape index (κ1) is 12.6. The van der Waals surface area contributed by atoms with Crippen molar-refractivity contribution in [2.45, 2.75) is 0 Å². The van der Waals surface area contributed by atoms with Gasteiger partial charge in [0.2, 0.25) is 0 Å². The fourth-order valence-electron chi connectivity index (χ4n) is 2.77. The molecule has 2 nitrogen and oxygen atoms in total. The molecule has 4 rings (SSSR count). The van der Waals surface area contributed by atoms with Crippen LogP contribution in [0.2, 0.25) is 0 Å². The van der Waals surface area contributed by atoms with Crippen LogP contribution >= 0.6 is 0 Å². The van der Waals surface area contributed by atoms with Crippen LogP contribution in [0.4, 0.5) is 0 Å². The van der Waals surface area contributed by atoms with E-state index in [9.17, 15) is 3.74 Å². The summed E-state index contributed by atoms with van der Waals surface area (Å²) in [6.07, 6.45) is 0. The topological polar surface area (TPSA) is 26.3 Å². The van der Waals surface area contributed by atoms with E-state index < -0.39 is 13.5 Å². The molecule has 0 aliphatic carbocycles. The van der Waals surface area contributed by atoms with Gasteiger partial charge in [0.1, 0.15) is 0 Å². The van der Waals surface area contributed by atoms with Gasteiger partial charge >= 0.3 is 125 Å². The molecule has 0 bridgehead atoms. The predicted octanol–water partition coefficient (Wildman–Crippen LogP) is 2.19. The van der Waals surface area contributed by atoms with Gasteiger partial charge in [0, 0.05) is 0 Å². The molecule has 0 saturated carbocycles. The Morgan fingerprint density at radius 3 is 1.67 bits per heavy atom. The van der Waals surface area contributed by atoms with Gasteiger partial charge in [-0.15, -0.1) is 0 Å². The average Bonchev–Trinajstić information content (AvgIpc) is 2.56. The van der Waals surface area contributed by atoms with Crippen molar-refractivity contribution in [1.82, 2.24) is 0 Å². The van der Waals surface area contributed by atoms with Crippen LogP contribution in [-0.4, -0.2) is 13.5 Å². The molecule has 1 aliphatic heterocycles. The summed E-state index contributed by atoms with van der Waals surface area (Å²) < 4.78 is 22.6. The Morgan fingerprint density at radius 1 is 0.619 bits per heavy atom. The molecule has 0 radical (unpaired) electrons. The summed E-state index contributed by atoms with van der Waals surface area (Å²) in [4.78, 5) is 0. The number of para-hydroxylation sites is 2. The first-order valence-electron chi connectivity index (χ1n) is 6.83. The molecule has 1 aliphatic rings. The molecule has 21 heavy (non-hydrogen) atoms. The molecule has 0 aromatic heterocycles. The fourth-order valence-corrected chi connectivity index (χ4v) is 8.77. The third-order valence-electron chi connectivity index (χ3n) is 3.75. The predicted molar refractivity (Wildman–Crippen MR) is 84.7 cm³/mol. The molecule has 0 spiro atoms. The van der Waals surface area contributed by atoms with E-state index >= 15 is 0 Å². The second-order valence-corrected chi connectivity index (χ2v) is 10.6. The second kappa shape index (κ2) is 4.68. The first-order chi connectivity index (χ1) is 10.3. The summed E-state index contributed by atoms with van der Waals surface area (Å²) in [7, 11) is 0. The Morgan fingerprint density at radius 2 is 1.10 bits per heavy atom. The third kappa shape index (κ3) is 1.80. The van der Waals surface area contributed by atoms with Gasteiger partial charge in [0.15, 0.2) is 0 Å². The van der Waals surface area contributed by atoms with Crippen molar-refractivity contribution in [3.8, 4) is 11.5 Å². The molecular formula is C18H13AsO2. The molecule has 3 heteroatoms. The molecule has 3 aromatic carbocycles. The van der Waals surface area contributed by atoms with Gasteiger partial charge in [-0.05, 0) is 0 Å². The van der Waals surface area contributed by atoms with Crippen LogP contribution in [-0.2, 0) is 3.74 Å². The fraction of sp³-hybridized carbons (Fsp3) is 0. The summed E-state index contributed by atoms with van der Waals surface area (Å²) in [5.74, 6) is 1.42. The molecule has 0 saturated heterocycles. The number of hydrogen-bond donors (Lipinski definition) is 0. The van der Waals surface area contributed by atoms with Crippen LogP contribution < -0.4 is 17.8 Å². The number of ether oxygens (including phenoxy) is 1. The van der Waals surface area contributed by atoms with Gasteiger partial charge in [-0.3, -0.25) is 0 Å². The van der Waals surface area contributed by atoms with Crippen LogP contribution in [0.25, 0.3) is 0 Å². The molecule has 3 aromatic rings. The zero-order chi connectivity index (χ0) is 14.3. The van der Waals surface area contributed by atoms with Crippen molar-refractivity contribution in [1.29, 1.82) is 0 Å². The zero-order valence-electron chi connectivity index (χ0n) is 11.3. The number of hydrogen-bond acceptors (Lipinski definition) is 2. The van der Waals surface area contributed by atoms with Gasteiger partial charge in [0.25, 0.3) is 0 Å². The van der Waals surface area contributed by atoms with E-state index in [0.29, 0.717) is 11.5 Å². The van der Waals surface area contributed by atoms with Crippen LogP contribution in [0.15, 0.2) is 78.9 Å². The van der Waals surface area contributed by atoms with Crippen LogP contribution in [0.5, 0.6) is 11.5 Å². The van der Waals surface area contributed by atoms with Gasteiger partial charge < -0.3 is 0 Å². The van der Waals surface area contributed by atoms with Crippen LogP contribution in [0.3, 0.4) is 0 Å². The Balaban J connectivity index is 2.09. The summed E-state index contributed by atoms with van der Waals surface area (Å²) >= 11 is -3.65. The standard InChI is InChI=1S/C18H13AsO2/c20-19(14-8-2-1-3-9-14)15-10-4-6-12-17(15)21-18-13-7-5-11-16(18)19/h1-13H. The van der Waals surface area contributed by atoms with Crippen molar-refractivity contribution in [2.24, 2.45) is 0 Å². The average molecular weight is 336 g/mol. The maximum atomic E-state index is 14.1. The minimum atomic E-state index is -3.65. The molecule has 102 valence electrons. The summed E-state index contributed by atoms with van der Waals surface area (Å²) in [6, 6.07) is 25.1. The Bertz CT molecular complexity index is 806. The summed E-state index contributed by atoms with van der Waals surface area (Å²) in [5.41, 5.74) is 0. The van der Waals surface area contributed by atoms with E-state index in [0.717, 1.165) is 13.1 Å². The van der Waals surface area contributed by atoms with Crippen molar-refractivity contribution in [3.05, 3.63) is 78.9 Å². The Hall–Kier alpha value is -2.18. The molecule has 0 atom stereocenters. The summed E-state index contributed by atoms with van der Waals surface area (Å²) in [6.45, 7) is 0. The Kier molecular flexibility index (Phi) is 2.80. The van der Waals surface area contributed by atoms with Gasteiger partial charge in [-0.2, -0.15) is 0 Å². The minimum absolute atomic E-state index is 0.711. The van der Waals surface area contributed by atoms with Crippen LogP contribution in [0.1, 0.15) is 0 Å². The summed E-state index contributed by atoms with van der Waals surface area (Å²) in [5, 5.41) is 0. The maximum absolute atomic E-state index is 14.1. The number of rotatable bonds is 1. The van der Waals surface area contributed by atoms with E-state index in [2.05, 4.69) is 0 Å². The molecule has 0 N–H and O–H groups in total. The SMILES string of the molecule is O=[As]1(c2ccccc2)c2ccccc2Oc2ccccc21. The second-order valence-electron chi connectivity index (χ2n) is 4.98. The number of benzene rings is 3. The van der Waals surface area contributed by atoms with E-state index in [1.54, 1.807) is 0 Å². The van der Waals surface area contributed by atoms with Gasteiger partial charge in [0.05, 0.1) is 0 Å². The quantitative estimate of drug-likeness (QED) is 0.498.